The molecule has 0 radical (unpaired) electrons. The number of benzene rings is 3. The van der Waals surface area contributed by atoms with Crippen LogP contribution in [0, 0.1) is 0 Å². The normalized spacial score (nSPS) is 14.4. The van der Waals surface area contributed by atoms with Gasteiger partial charge in [-0.05, 0) is 11.6 Å². The van der Waals surface area contributed by atoms with Gasteiger partial charge in [0.2, 0.25) is 5.75 Å². The highest BCUT2D eigenvalue weighted by atomic mass is 32.2. The predicted octanol–water partition coefficient (Wildman–Crippen LogP) is 2.59. The second kappa shape index (κ2) is 5.96. The summed E-state index contributed by atoms with van der Waals surface area (Å²) in [5.41, 5.74) is 0.360. The fraction of sp³-hybridized carbons (Fsp3) is 0.0526. The van der Waals surface area contributed by atoms with Crippen molar-refractivity contribution in [1.82, 2.24) is 0 Å². The van der Waals surface area contributed by atoms with Crippen LogP contribution in [0.25, 0.3) is 11.1 Å². The van der Waals surface area contributed by atoms with Crippen molar-refractivity contribution in [3.63, 3.8) is 0 Å². The summed E-state index contributed by atoms with van der Waals surface area (Å²) in [6.45, 7) is -0.124. The molecule has 28 heavy (non-hydrogen) atoms. The lowest BCUT2D eigenvalue weighted by Gasteiger charge is -2.33. The summed E-state index contributed by atoms with van der Waals surface area (Å²) in [7, 11) is -4.22. The number of rotatable bonds is 2. The quantitative estimate of drug-likeness (QED) is 0.416. The van der Waals surface area contributed by atoms with E-state index in [2.05, 4.69) is 0 Å². The van der Waals surface area contributed by atoms with E-state index in [4.69, 9.17) is 0 Å². The van der Waals surface area contributed by atoms with Crippen LogP contribution >= 0.6 is 0 Å². The first-order valence-corrected chi connectivity index (χ1v) is 9.56. The fourth-order valence-electron chi connectivity index (χ4n) is 3.23. The number of sulfonamides is 1. The standard InChI is InChI=1S/C19H15NO7S/c21-13-6-11-16(8-14(13)22)28(26,27)20(9-10-4-2-1-3-5-10)12-7-15(23)18(24)19(25)17(11)12/h1-8,21-25H,9H2. The largest absolute Gasteiger partial charge is 0.504 e. The maximum Gasteiger partial charge on any atom is 0.265 e. The van der Waals surface area contributed by atoms with Gasteiger partial charge in [0.15, 0.2) is 23.0 Å². The Labute approximate surface area is 159 Å². The van der Waals surface area contributed by atoms with E-state index in [-0.39, 0.29) is 28.3 Å². The van der Waals surface area contributed by atoms with E-state index in [9.17, 15) is 34.0 Å². The Hall–Kier alpha value is -3.59. The van der Waals surface area contributed by atoms with Crippen LogP contribution in [0.5, 0.6) is 28.7 Å². The lowest BCUT2D eigenvalue weighted by Crippen LogP contribution is -2.33. The molecule has 0 saturated carbocycles. The zero-order valence-corrected chi connectivity index (χ0v) is 15.1. The molecule has 0 amide bonds. The lowest BCUT2D eigenvalue weighted by atomic mass is 9.99. The molecule has 0 saturated heterocycles. The Kier molecular flexibility index (Phi) is 3.79. The highest BCUT2D eigenvalue weighted by molar-refractivity contribution is 7.93. The van der Waals surface area contributed by atoms with Gasteiger partial charge in [-0.15, -0.1) is 0 Å². The molecule has 0 aliphatic carbocycles. The molecule has 0 spiro atoms. The molecule has 5 N–H and O–H groups in total. The Morgan fingerprint density at radius 2 is 1.43 bits per heavy atom. The number of phenols is 5. The summed E-state index contributed by atoms with van der Waals surface area (Å²) in [5, 5.41) is 49.9. The number of nitrogens with zero attached hydrogens (tertiary/aromatic N) is 1. The van der Waals surface area contributed by atoms with Gasteiger partial charge in [-0.25, -0.2) is 8.42 Å². The van der Waals surface area contributed by atoms with E-state index in [0.29, 0.717) is 5.56 Å². The first-order chi connectivity index (χ1) is 13.2. The third kappa shape index (κ3) is 2.48. The molecule has 1 aliphatic heterocycles. The molecule has 4 rings (SSSR count). The monoisotopic (exact) mass is 401 g/mol. The Morgan fingerprint density at radius 3 is 2.11 bits per heavy atom. The van der Waals surface area contributed by atoms with Crippen LogP contribution in [-0.2, 0) is 16.6 Å². The van der Waals surface area contributed by atoms with E-state index >= 15 is 0 Å². The topological polar surface area (TPSA) is 139 Å². The average Bonchev–Trinajstić information content (AvgIpc) is 2.66. The number of anilines is 1. The van der Waals surface area contributed by atoms with E-state index < -0.39 is 38.8 Å². The summed E-state index contributed by atoms with van der Waals surface area (Å²) in [5.74, 6) is -3.50. The minimum Gasteiger partial charge on any atom is -0.504 e. The Balaban J connectivity index is 2.06. The van der Waals surface area contributed by atoms with E-state index in [1.165, 1.54) is 0 Å². The molecule has 1 heterocycles. The molecule has 0 bridgehead atoms. The van der Waals surface area contributed by atoms with Crippen molar-refractivity contribution in [2.45, 2.75) is 11.4 Å². The second-order valence-corrected chi connectivity index (χ2v) is 8.15. The average molecular weight is 401 g/mol. The number of hydrogen-bond acceptors (Lipinski definition) is 7. The van der Waals surface area contributed by atoms with Crippen LogP contribution in [0.1, 0.15) is 5.56 Å². The number of phenolic OH excluding ortho intramolecular Hbond substituents is 5. The van der Waals surface area contributed by atoms with Crippen LogP contribution in [0.15, 0.2) is 53.4 Å². The van der Waals surface area contributed by atoms with Crippen molar-refractivity contribution in [2.75, 3.05) is 4.31 Å². The van der Waals surface area contributed by atoms with Crippen LogP contribution in [0.4, 0.5) is 5.69 Å². The van der Waals surface area contributed by atoms with Crippen LogP contribution in [-0.4, -0.2) is 34.0 Å². The maximum absolute atomic E-state index is 13.2. The van der Waals surface area contributed by atoms with Gasteiger partial charge in [-0.1, -0.05) is 30.3 Å². The highest BCUT2D eigenvalue weighted by Crippen LogP contribution is 2.55. The molecular weight excluding hydrogens is 386 g/mol. The van der Waals surface area contributed by atoms with Crippen LogP contribution in [0.2, 0.25) is 0 Å². The maximum atomic E-state index is 13.2. The summed E-state index contributed by atoms with van der Waals surface area (Å²) < 4.78 is 27.5. The molecule has 0 atom stereocenters. The summed E-state index contributed by atoms with van der Waals surface area (Å²) >= 11 is 0. The smallest absolute Gasteiger partial charge is 0.265 e. The first kappa shape index (κ1) is 17.8. The molecule has 0 aromatic heterocycles. The van der Waals surface area contributed by atoms with Gasteiger partial charge in [0.1, 0.15) is 0 Å². The highest BCUT2D eigenvalue weighted by Gasteiger charge is 2.39. The molecule has 144 valence electrons. The van der Waals surface area contributed by atoms with Gasteiger partial charge in [0, 0.05) is 17.7 Å². The molecule has 9 heteroatoms. The summed E-state index contributed by atoms with van der Waals surface area (Å²) in [6.07, 6.45) is 0. The number of aromatic hydroxyl groups is 5. The van der Waals surface area contributed by atoms with Gasteiger partial charge in [0.25, 0.3) is 10.0 Å². The van der Waals surface area contributed by atoms with Gasteiger partial charge in [-0.3, -0.25) is 4.31 Å². The van der Waals surface area contributed by atoms with Crippen molar-refractivity contribution in [1.29, 1.82) is 0 Å². The molecular formula is C19H15NO7S. The first-order valence-electron chi connectivity index (χ1n) is 8.12. The lowest BCUT2D eigenvalue weighted by molar-refractivity contribution is 0.369. The predicted molar refractivity (Wildman–Crippen MR) is 100 cm³/mol. The van der Waals surface area contributed by atoms with Crippen molar-refractivity contribution in [3.05, 3.63) is 54.1 Å². The molecule has 3 aromatic rings. The minimum atomic E-state index is -4.22. The third-order valence-corrected chi connectivity index (χ3v) is 6.38. The SMILES string of the molecule is O=S1(=O)c2cc(O)c(O)cc2-c2c(cc(O)c(O)c2O)N1Cc1ccccc1. The summed E-state index contributed by atoms with van der Waals surface area (Å²) in [6, 6.07) is 11.5. The molecule has 3 aromatic carbocycles. The zero-order chi connectivity index (χ0) is 20.2. The minimum absolute atomic E-state index is 0.0748. The second-order valence-electron chi connectivity index (χ2n) is 6.32. The molecule has 1 aliphatic rings. The van der Waals surface area contributed by atoms with Crippen LogP contribution in [0.3, 0.4) is 0 Å². The van der Waals surface area contributed by atoms with Gasteiger partial charge >= 0.3 is 0 Å². The molecule has 8 nitrogen and oxygen atoms in total. The van der Waals surface area contributed by atoms with E-state index in [1.807, 2.05) is 0 Å². The van der Waals surface area contributed by atoms with Crippen molar-refractivity contribution >= 4 is 15.7 Å². The molecule has 0 fully saturated rings. The summed E-state index contributed by atoms with van der Waals surface area (Å²) in [4.78, 5) is -0.355. The fourth-order valence-corrected chi connectivity index (χ4v) is 4.89. The number of hydrogen-bond donors (Lipinski definition) is 5. The van der Waals surface area contributed by atoms with Crippen molar-refractivity contribution in [3.8, 4) is 39.9 Å². The van der Waals surface area contributed by atoms with Gasteiger partial charge in [-0.2, -0.15) is 0 Å². The van der Waals surface area contributed by atoms with Crippen molar-refractivity contribution in [2.24, 2.45) is 0 Å². The molecule has 0 unspecified atom stereocenters. The zero-order valence-electron chi connectivity index (χ0n) is 14.2. The van der Waals surface area contributed by atoms with E-state index in [0.717, 1.165) is 22.5 Å². The third-order valence-electron chi connectivity index (χ3n) is 4.59. The van der Waals surface area contributed by atoms with E-state index in [1.54, 1.807) is 30.3 Å². The van der Waals surface area contributed by atoms with Gasteiger partial charge in [0.05, 0.1) is 22.7 Å². The van der Waals surface area contributed by atoms with Gasteiger partial charge < -0.3 is 25.5 Å². The Bertz CT molecular complexity index is 1210. The Morgan fingerprint density at radius 1 is 0.786 bits per heavy atom. The van der Waals surface area contributed by atoms with Crippen LogP contribution < -0.4 is 4.31 Å². The number of fused-ring (bicyclic) bond motifs is 3. The van der Waals surface area contributed by atoms with Crippen molar-refractivity contribution < 1.29 is 34.0 Å².